The molecule has 2 rings (SSSR count). The minimum Gasteiger partial charge on any atom is -0.477 e. The summed E-state index contributed by atoms with van der Waals surface area (Å²) in [5.41, 5.74) is 0. The zero-order chi connectivity index (χ0) is 11.7. The molecule has 0 aromatic carbocycles. The lowest BCUT2D eigenvalue weighted by Crippen LogP contribution is -2.24. The third kappa shape index (κ3) is 2.10. The molecule has 0 bridgehead atoms. The molecule has 1 saturated heterocycles. The maximum atomic E-state index is 11.6. The van der Waals surface area contributed by atoms with E-state index in [1.54, 1.807) is 4.90 Å². The number of carbonyl (C=O) groups excluding carboxylic acids is 1. The highest BCUT2D eigenvalue weighted by Gasteiger charge is 2.31. The highest BCUT2D eigenvalue weighted by Crippen LogP contribution is 2.29. The van der Waals surface area contributed by atoms with Crippen LogP contribution in [0.2, 0.25) is 0 Å². The lowest BCUT2D eigenvalue weighted by atomic mass is 10.2. The standard InChI is InChI=1S/C9H9BrN2O3S/c10-2-5-1-7(13)12(4-5)9-11-3-6(16-9)8(14)15/h3,5H,1-2,4H2,(H,14,15). The van der Waals surface area contributed by atoms with E-state index >= 15 is 0 Å². The zero-order valence-corrected chi connectivity index (χ0v) is 10.6. The highest BCUT2D eigenvalue weighted by molar-refractivity contribution is 9.09. The van der Waals surface area contributed by atoms with Crippen molar-refractivity contribution < 1.29 is 14.7 Å². The number of hydrogen-bond acceptors (Lipinski definition) is 4. The Morgan fingerprint density at radius 3 is 3.00 bits per heavy atom. The molecule has 1 fully saturated rings. The van der Waals surface area contributed by atoms with Crippen molar-refractivity contribution >= 4 is 44.3 Å². The number of hydrogen-bond donors (Lipinski definition) is 1. The Morgan fingerprint density at radius 2 is 2.50 bits per heavy atom. The van der Waals surface area contributed by atoms with Crippen LogP contribution in [0.25, 0.3) is 0 Å². The van der Waals surface area contributed by atoms with Crippen LogP contribution in [-0.4, -0.2) is 33.8 Å². The smallest absolute Gasteiger partial charge is 0.347 e. The number of nitrogens with zero attached hydrogens (tertiary/aromatic N) is 2. The van der Waals surface area contributed by atoms with Gasteiger partial charge in [-0.3, -0.25) is 9.69 Å². The van der Waals surface area contributed by atoms with Gasteiger partial charge in [-0.25, -0.2) is 9.78 Å². The Bertz CT molecular complexity index is 434. The first-order valence-electron chi connectivity index (χ1n) is 4.67. The summed E-state index contributed by atoms with van der Waals surface area (Å²) < 4.78 is 0. The molecule has 1 aliphatic rings. The van der Waals surface area contributed by atoms with E-state index in [2.05, 4.69) is 20.9 Å². The summed E-state index contributed by atoms with van der Waals surface area (Å²) in [6, 6.07) is 0. The molecule has 1 unspecified atom stereocenters. The number of halogens is 1. The molecule has 1 aromatic rings. The van der Waals surface area contributed by atoms with E-state index in [1.165, 1.54) is 6.20 Å². The van der Waals surface area contributed by atoms with Crippen LogP contribution < -0.4 is 4.90 Å². The minimum absolute atomic E-state index is 0.00994. The van der Waals surface area contributed by atoms with Gasteiger partial charge in [0.1, 0.15) is 4.88 Å². The summed E-state index contributed by atoms with van der Waals surface area (Å²) in [4.78, 5) is 28.0. The number of aromatic nitrogens is 1. The van der Waals surface area contributed by atoms with Crippen LogP contribution in [0.3, 0.4) is 0 Å². The van der Waals surface area contributed by atoms with Gasteiger partial charge in [0.05, 0.1) is 6.20 Å². The molecule has 1 aliphatic heterocycles. The van der Waals surface area contributed by atoms with Crippen molar-refractivity contribution in [2.24, 2.45) is 5.92 Å². The first kappa shape index (κ1) is 11.5. The summed E-state index contributed by atoms with van der Waals surface area (Å²) in [6.45, 7) is 0.608. The average molecular weight is 305 g/mol. The molecule has 1 atom stereocenters. The average Bonchev–Trinajstić information content (AvgIpc) is 2.83. The van der Waals surface area contributed by atoms with Crippen molar-refractivity contribution in [2.75, 3.05) is 16.8 Å². The third-order valence-electron chi connectivity index (χ3n) is 2.36. The van der Waals surface area contributed by atoms with E-state index in [-0.39, 0.29) is 16.7 Å². The quantitative estimate of drug-likeness (QED) is 0.861. The predicted molar refractivity (Wildman–Crippen MR) is 63.3 cm³/mol. The molecule has 0 saturated carbocycles. The van der Waals surface area contributed by atoms with Crippen molar-refractivity contribution in [1.29, 1.82) is 0 Å². The molecule has 0 radical (unpaired) electrons. The first-order valence-corrected chi connectivity index (χ1v) is 6.61. The van der Waals surface area contributed by atoms with E-state index in [1.807, 2.05) is 0 Å². The molecule has 2 heterocycles. The van der Waals surface area contributed by atoms with Crippen molar-refractivity contribution in [3.05, 3.63) is 11.1 Å². The minimum atomic E-state index is -1.01. The van der Waals surface area contributed by atoms with Gasteiger partial charge in [0.15, 0.2) is 5.13 Å². The van der Waals surface area contributed by atoms with Crippen molar-refractivity contribution in [3.63, 3.8) is 0 Å². The van der Waals surface area contributed by atoms with Gasteiger partial charge in [-0.15, -0.1) is 0 Å². The van der Waals surface area contributed by atoms with Gasteiger partial charge in [-0.1, -0.05) is 27.3 Å². The molecular weight excluding hydrogens is 296 g/mol. The summed E-state index contributed by atoms with van der Waals surface area (Å²) in [5.74, 6) is -0.715. The lowest BCUT2D eigenvalue weighted by Gasteiger charge is -2.11. The fourth-order valence-corrected chi connectivity index (χ4v) is 2.77. The normalized spacial score (nSPS) is 20.4. The summed E-state index contributed by atoms with van der Waals surface area (Å²) in [5, 5.41) is 10.0. The highest BCUT2D eigenvalue weighted by atomic mass is 79.9. The molecule has 7 heteroatoms. The number of alkyl halides is 1. The number of thiazole rings is 1. The van der Waals surface area contributed by atoms with E-state index in [9.17, 15) is 9.59 Å². The maximum absolute atomic E-state index is 11.6. The third-order valence-corrected chi connectivity index (χ3v) is 4.28. The monoisotopic (exact) mass is 304 g/mol. The fraction of sp³-hybridized carbons (Fsp3) is 0.444. The first-order chi connectivity index (χ1) is 7.61. The van der Waals surface area contributed by atoms with E-state index in [4.69, 9.17) is 5.11 Å². The number of carbonyl (C=O) groups is 2. The maximum Gasteiger partial charge on any atom is 0.347 e. The number of anilines is 1. The van der Waals surface area contributed by atoms with Gasteiger partial charge in [0, 0.05) is 18.3 Å². The van der Waals surface area contributed by atoms with Gasteiger partial charge in [0.25, 0.3) is 0 Å². The van der Waals surface area contributed by atoms with Crippen molar-refractivity contribution in [1.82, 2.24) is 4.98 Å². The summed E-state index contributed by atoms with van der Waals surface area (Å²) in [7, 11) is 0. The fourth-order valence-electron chi connectivity index (χ4n) is 1.56. The topological polar surface area (TPSA) is 70.5 Å². The molecule has 1 aromatic heterocycles. The summed E-state index contributed by atoms with van der Waals surface area (Å²) >= 11 is 4.38. The predicted octanol–water partition coefficient (Wildman–Crippen LogP) is 1.59. The van der Waals surface area contributed by atoms with Crippen molar-refractivity contribution in [3.8, 4) is 0 Å². The molecule has 1 amide bonds. The molecule has 0 spiro atoms. The van der Waals surface area contributed by atoms with Crippen LogP contribution in [0.5, 0.6) is 0 Å². The largest absolute Gasteiger partial charge is 0.477 e. The summed E-state index contributed by atoms with van der Waals surface area (Å²) in [6.07, 6.45) is 1.78. The molecule has 0 aliphatic carbocycles. The van der Waals surface area contributed by atoms with Gasteiger partial charge < -0.3 is 5.11 Å². The van der Waals surface area contributed by atoms with Crippen LogP contribution >= 0.6 is 27.3 Å². The molecule has 1 N–H and O–H groups in total. The second-order valence-electron chi connectivity index (χ2n) is 3.54. The molecule has 5 nitrogen and oxygen atoms in total. The van der Waals surface area contributed by atoms with Crippen molar-refractivity contribution in [2.45, 2.75) is 6.42 Å². The Hall–Kier alpha value is -0.950. The van der Waals surface area contributed by atoms with Gasteiger partial charge in [-0.05, 0) is 5.92 Å². The molecular formula is C9H9BrN2O3S. The van der Waals surface area contributed by atoms with Crippen LogP contribution in [-0.2, 0) is 4.79 Å². The Kier molecular flexibility index (Phi) is 3.25. The number of carboxylic acids is 1. The Morgan fingerprint density at radius 1 is 1.75 bits per heavy atom. The van der Waals surface area contributed by atoms with Gasteiger partial charge in [-0.2, -0.15) is 0 Å². The number of aromatic carboxylic acids is 1. The Labute approximate surface area is 104 Å². The van der Waals surface area contributed by atoms with Gasteiger partial charge in [0.2, 0.25) is 5.91 Å². The molecule has 16 heavy (non-hydrogen) atoms. The zero-order valence-electron chi connectivity index (χ0n) is 8.22. The Balaban J connectivity index is 2.18. The van der Waals surface area contributed by atoms with Gasteiger partial charge >= 0.3 is 5.97 Å². The number of carboxylic acid groups (broad SMARTS) is 1. The van der Waals surface area contributed by atoms with Crippen LogP contribution in [0.15, 0.2) is 6.20 Å². The van der Waals surface area contributed by atoms with Crippen LogP contribution in [0.4, 0.5) is 5.13 Å². The lowest BCUT2D eigenvalue weighted by molar-refractivity contribution is -0.117. The molecule has 86 valence electrons. The van der Waals surface area contributed by atoms with Crippen LogP contribution in [0.1, 0.15) is 16.1 Å². The number of rotatable bonds is 3. The second-order valence-corrected chi connectivity index (χ2v) is 5.20. The van der Waals surface area contributed by atoms with Crippen LogP contribution in [0, 0.1) is 5.92 Å². The SMILES string of the molecule is O=C(O)c1cnc(N2CC(CBr)CC2=O)s1. The van der Waals surface area contributed by atoms with E-state index < -0.39 is 5.97 Å². The van der Waals surface area contributed by atoms with E-state index in [0.717, 1.165) is 16.7 Å². The van der Waals surface area contributed by atoms with E-state index in [0.29, 0.717) is 18.1 Å². The number of amides is 1. The second kappa shape index (κ2) is 4.50.